The van der Waals surface area contributed by atoms with Crippen LogP contribution in [0.25, 0.3) is 0 Å². The zero-order chi connectivity index (χ0) is 14.5. The fourth-order valence-electron chi connectivity index (χ4n) is 3.01. The van der Waals surface area contributed by atoms with Gasteiger partial charge in [-0.1, -0.05) is 19.8 Å². The van der Waals surface area contributed by atoms with Crippen molar-refractivity contribution in [1.82, 2.24) is 10.3 Å². The summed E-state index contributed by atoms with van der Waals surface area (Å²) in [5.41, 5.74) is 3.49. The second kappa shape index (κ2) is 7.20. The van der Waals surface area contributed by atoms with Crippen LogP contribution >= 0.6 is 11.3 Å². The molecule has 0 spiro atoms. The Morgan fingerprint density at radius 1 is 1.55 bits per heavy atom. The summed E-state index contributed by atoms with van der Waals surface area (Å²) in [7, 11) is 0. The molecule has 3 N–H and O–H groups in total. The van der Waals surface area contributed by atoms with Crippen molar-refractivity contribution in [1.29, 1.82) is 0 Å². The van der Waals surface area contributed by atoms with Gasteiger partial charge < -0.3 is 0 Å². The Balaban J connectivity index is 2.07. The highest BCUT2D eigenvalue weighted by molar-refractivity contribution is 7.14. The molecule has 0 radical (unpaired) electrons. The first-order valence-corrected chi connectivity index (χ1v) is 8.31. The second-order valence-corrected chi connectivity index (χ2v) is 6.83. The molecule has 1 aliphatic rings. The molecule has 1 atom stereocenters. The predicted octanol–water partition coefficient (Wildman–Crippen LogP) is 2.81. The van der Waals surface area contributed by atoms with E-state index in [1.165, 1.54) is 60.4 Å². The van der Waals surface area contributed by atoms with Gasteiger partial charge in [-0.25, -0.2) is 5.84 Å². The second-order valence-electron chi connectivity index (χ2n) is 5.57. The Kier molecular flexibility index (Phi) is 5.57. The smallest absolute Gasteiger partial charge is 0.275 e. The summed E-state index contributed by atoms with van der Waals surface area (Å²) in [6.45, 7) is 6.49. The first kappa shape index (κ1) is 15.5. The highest BCUT2D eigenvalue weighted by Gasteiger charge is 2.23. The number of hydrazine groups is 1. The van der Waals surface area contributed by atoms with E-state index >= 15 is 0 Å². The van der Waals surface area contributed by atoms with Gasteiger partial charge in [-0.05, 0) is 44.4 Å². The maximum atomic E-state index is 11.6. The third-order valence-corrected chi connectivity index (χ3v) is 5.21. The van der Waals surface area contributed by atoms with E-state index in [0.717, 1.165) is 6.54 Å². The lowest BCUT2D eigenvalue weighted by atomic mass is 9.97. The number of nitrogens with two attached hydrogens (primary N) is 1. The number of carbonyl (C=O) groups excluding carboxylic acids is 1. The Labute approximate surface area is 125 Å². The van der Waals surface area contributed by atoms with Crippen molar-refractivity contribution < 1.29 is 4.79 Å². The number of rotatable bonds is 5. The van der Waals surface area contributed by atoms with Gasteiger partial charge in [0.25, 0.3) is 5.91 Å². The van der Waals surface area contributed by atoms with E-state index in [1.54, 1.807) is 0 Å². The first-order chi connectivity index (χ1) is 9.65. The average molecular weight is 295 g/mol. The molecule has 0 bridgehead atoms. The first-order valence-electron chi connectivity index (χ1n) is 7.50. The molecule has 1 amide bonds. The van der Waals surface area contributed by atoms with E-state index in [1.807, 2.05) is 6.07 Å². The summed E-state index contributed by atoms with van der Waals surface area (Å²) in [6, 6.07) is 2.71. The molecule has 1 aliphatic heterocycles. The lowest BCUT2D eigenvalue weighted by molar-refractivity contribution is 0.0957. The summed E-state index contributed by atoms with van der Waals surface area (Å²) in [5.74, 6) is 5.02. The molecule has 4 nitrogen and oxygen atoms in total. The number of piperidine rings is 1. The summed E-state index contributed by atoms with van der Waals surface area (Å²) in [6.07, 6.45) is 6.47. The monoisotopic (exact) mass is 295 g/mol. The molecule has 2 rings (SSSR count). The fourth-order valence-corrected chi connectivity index (χ4v) is 3.94. The predicted molar refractivity (Wildman–Crippen MR) is 83.7 cm³/mol. The molecule has 5 heteroatoms. The lowest BCUT2D eigenvalue weighted by Crippen LogP contribution is -2.38. The number of nitrogens with zero attached hydrogens (tertiary/aromatic N) is 1. The molecule has 1 unspecified atom stereocenters. The van der Waals surface area contributed by atoms with Gasteiger partial charge in [-0.15, -0.1) is 11.3 Å². The van der Waals surface area contributed by atoms with E-state index in [-0.39, 0.29) is 5.91 Å². The van der Waals surface area contributed by atoms with Crippen LogP contribution in [0.15, 0.2) is 6.07 Å². The fraction of sp³-hybridized carbons (Fsp3) is 0.667. The van der Waals surface area contributed by atoms with Crippen molar-refractivity contribution in [3.05, 3.63) is 21.4 Å². The Hall–Kier alpha value is -0.910. The van der Waals surface area contributed by atoms with Crippen molar-refractivity contribution >= 4 is 17.2 Å². The van der Waals surface area contributed by atoms with E-state index in [4.69, 9.17) is 5.84 Å². The van der Waals surface area contributed by atoms with Crippen LogP contribution in [0, 0.1) is 6.92 Å². The number of likely N-dealkylation sites (tertiary alicyclic amines) is 1. The van der Waals surface area contributed by atoms with Crippen LogP contribution in [0.1, 0.15) is 59.1 Å². The summed E-state index contributed by atoms with van der Waals surface area (Å²) in [4.78, 5) is 16.1. The van der Waals surface area contributed by atoms with Crippen molar-refractivity contribution in [3.63, 3.8) is 0 Å². The van der Waals surface area contributed by atoms with Crippen LogP contribution in [0.2, 0.25) is 0 Å². The van der Waals surface area contributed by atoms with E-state index < -0.39 is 0 Å². The minimum Gasteiger partial charge on any atom is -0.296 e. The molecule has 20 heavy (non-hydrogen) atoms. The van der Waals surface area contributed by atoms with Crippen molar-refractivity contribution in [3.8, 4) is 0 Å². The van der Waals surface area contributed by atoms with Gasteiger partial charge in [0.2, 0.25) is 0 Å². The Morgan fingerprint density at radius 3 is 3.05 bits per heavy atom. The molecule has 1 fully saturated rings. The molecule has 0 saturated carbocycles. The van der Waals surface area contributed by atoms with E-state index in [9.17, 15) is 4.79 Å². The summed E-state index contributed by atoms with van der Waals surface area (Å²) >= 11 is 1.53. The largest absolute Gasteiger partial charge is 0.296 e. The molecule has 2 heterocycles. The standard InChI is InChI=1S/C15H25N3OS/c1-3-6-13-7-4-5-8-18(13)10-12-9-14(15(19)17-16)20-11(12)2/h9,13H,3-8,10,16H2,1-2H3,(H,17,19). The number of thiophene rings is 1. The zero-order valence-electron chi connectivity index (χ0n) is 12.4. The Morgan fingerprint density at radius 2 is 2.35 bits per heavy atom. The normalized spacial score (nSPS) is 20.1. The van der Waals surface area contributed by atoms with Gasteiger partial charge in [0.05, 0.1) is 4.88 Å². The zero-order valence-corrected chi connectivity index (χ0v) is 13.3. The van der Waals surface area contributed by atoms with Crippen LogP contribution in [0.3, 0.4) is 0 Å². The van der Waals surface area contributed by atoms with Gasteiger partial charge >= 0.3 is 0 Å². The van der Waals surface area contributed by atoms with E-state index in [2.05, 4.69) is 24.2 Å². The number of nitrogen functional groups attached to an aromatic ring is 1. The number of amides is 1. The molecular formula is C15H25N3OS. The van der Waals surface area contributed by atoms with Crippen molar-refractivity contribution in [2.75, 3.05) is 6.54 Å². The van der Waals surface area contributed by atoms with Gasteiger partial charge in [-0.2, -0.15) is 0 Å². The molecule has 1 aromatic rings. The van der Waals surface area contributed by atoms with Gasteiger partial charge in [0.1, 0.15) is 0 Å². The minimum absolute atomic E-state index is 0.187. The van der Waals surface area contributed by atoms with Gasteiger partial charge in [0.15, 0.2) is 0 Å². The quantitative estimate of drug-likeness (QED) is 0.499. The molecule has 112 valence electrons. The minimum atomic E-state index is -0.187. The van der Waals surface area contributed by atoms with Crippen LogP contribution in [-0.2, 0) is 6.54 Å². The summed E-state index contributed by atoms with van der Waals surface area (Å²) < 4.78 is 0. The van der Waals surface area contributed by atoms with Crippen LogP contribution in [0.5, 0.6) is 0 Å². The maximum absolute atomic E-state index is 11.6. The SMILES string of the molecule is CCCC1CCCCN1Cc1cc(C(=O)NN)sc1C. The molecule has 0 aliphatic carbocycles. The van der Waals surface area contributed by atoms with Crippen LogP contribution < -0.4 is 11.3 Å². The average Bonchev–Trinajstić information content (AvgIpc) is 2.82. The Bertz CT molecular complexity index is 456. The van der Waals surface area contributed by atoms with Crippen molar-refractivity contribution in [2.24, 2.45) is 5.84 Å². The van der Waals surface area contributed by atoms with Gasteiger partial charge in [-0.3, -0.25) is 15.1 Å². The van der Waals surface area contributed by atoms with Gasteiger partial charge in [0, 0.05) is 17.5 Å². The highest BCUT2D eigenvalue weighted by Crippen LogP contribution is 2.27. The number of hydrogen-bond acceptors (Lipinski definition) is 4. The van der Waals surface area contributed by atoms with Crippen LogP contribution in [0.4, 0.5) is 0 Å². The molecule has 0 aromatic carbocycles. The van der Waals surface area contributed by atoms with Crippen LogP contribution in [-0.4, -0.2) is 23.4 Å². The molecule has 1 aromatic heterocycles. The lowest BCUT2D eigenvalue weighted by Gasteiger charge is -2.35. The third-order valence-electron chi connectivity index (χ3n) is 4.12. The number of carbonyl (C=O) groups is 1. The number of nitrogens with one attached hydrogen (secondary N) is 1. The highest BCUT2D eigenvalue weighted by atomic mass is 32.1. The molecule has 1 saturated heterocycles. The molecular weight excluding hydrogens is 270 g/mol. The summed E-state index contributed by atoms with van der Waals surface area (Å²) in [5, 5.41) is 0. The topological polar surface area (TPSA) is 58.4 Å². The third kappa shape index (κ3) is 3.59. The number of hydrogen-bond donors (Lipinski definition) is 2. The van der Waals surface area contributed by atoms with E-state index in [0.29, 0.717) is 10.9 Å². The maximum Gasteiger partial charge on any atom is 0.275 e. The number of aryl methyl sites for hydroxylation is 1. The van der Waals surface area contributed by atoms with Crippen molar-refractivity contribution in [2.45, 2.75) is 58.5 Å².